The van der Waals surface area contributed by atoms with E-state index in [9.17, 15) is 14.3 Å². The van der Waals surface area contributed by atoms with Crippen molar-refractivity contribution in [3.63, 3.8) is 0 Å². The molecule has 0 aliphatic carbocycles. The van der Waals surface area contributed by atoms with Gasteiger partial charge in [0.1, 0.15) is 11.9 Å². The molecule has 1 amide bonds. The SMILES string of the molecule is CN(CC(=O)N1CCOC(c2ccc(F)cc2)C1)CC(C)(C)O. The van der Waals surface area contributed by atoms with Crippen molar-refractivity contribution in [3.8, 4) is 0 Å². The molecule has 1 heterocycles. The second-order valence-electron chi connectivity index (χ2n) is 6.74. The fraction of sp³-hybridized carbons (Fsp3) is 0.588. The van der Waals surface area contributed by atoms with Gasteiger partial charge in [-0.3, -0.25) is 9.69 Å². The first-order chi connectivity index (χ1) is 10.7. The van der Waals surface area contributed by atoms with Crippen LogP contribution in [0.25, 0.3) is 0 Å². The van der Waals surface area contributed by atoms with Crippen molar-refractivity contribution in [2.45, 2.75) is 25.6 Å². The van der Waals surface area contributed by atoms with E-state index in [1.54, 1.807) is 30.9 Å². The average molecular weight is 324 g/mol. The maximum atomic E-state index is 13.0. The Hall–Kier alpha value is -1.50. The molecular weight excluding hydrogens is 299 g/mol. The van der Waals surface area contributed by atoms with Gasteiger partial charge in [0.05, 0.1) is 25.3 Å². The van der Waals surface area contributed by atoms with Gasteiger partial charge in [-0.1, -0.05) is 12.1 Å². The molecular formula is C17H25FN2O3. The van der Waals surface area contributed by atoms with Crippen molar-refractivity contribution in [1.82, 2.24) is 9.80 Å². The number of aliphatic hydroxyl groups is 1. The highest BCUT2D eigenvalue weighted by atomic mass is 19.1. The van der Waals surface area contributed by atoms with Crippen LogP contribution in [0.5, 0.6) is 0 Å². The molecule has 1 aliphatic heterocycles. The summed E-state index contributed by atoms with van der Waals surface area (Å²) in [5.41, 5.74) is 0.0326. The molecule has 6 heteroatoms. The highest BCUT2D eigenvalue weighted by Crippen LogP contribution is 2.22. The summed E-state index contributed by atoms with van der Waals surface area (Å²) in [6.45, 7) is 5.57. The van der Waals surface area contributed by atoms with E-state index in [1.807, 2.05) is 11.9 Å². The molecule has 1 atom stereocenters. The Kier molecular flexibility index (Phi) is 5.73. The van der Waals surface area contributed by atoms with Crippen LogP contribution in [0.2, 0.25) is 0 Å². The Balaban J connectivity index is 1.92. The number of nitrogens with zero attached hydrogens (tertiary/aromatic N) is 2. The summed E-state index contributed by atoms with van der Waals surface area (Å²) < 4.78 is 18.7. The van der Waals surface area contributed by atoms with Crippen LogP contribution < -0.4 is 0 Å². The maximum absolute atomic E-state index is 13.0. The highest BCUT2D eigenvalue weighted by molar-refractivity contribution is 5.78. The number of benzene rings is 1. The summed E-state index contributed by atoms with van der Waals surface area (Å²) >= 11 is 0. The number of ether oxygens (including phenoxy) is 1. The standard InChI is InChI=1S/C17H25FN2O3/c1-17(2,22)12-19(3)11-16(21)20-8-9-23-15(10-20)13-4-6-14(18)7-5-13/h4-7,15,22H,8-12H2,1-3H3. The van der Waals surface area contributed by atoms with Gasteiger partial charge >= 0.3 is 0 Å². The van der Waals surface area contributed by atoms with E-state index in [-0.39, 0.29) is 24.4 Å². The Morgan fingerprint density at radius 3 is 2.70 bits per heavy atom. The van der Waals surface area contributed by atoms with Crippen molar-refractivity contribution < 1.29 is 19.0 Å². The third-order valence-electron chi connectivity index (χ3n) is 3.72. The molecule has 1 fully saturated rings. The predicted octanol–water partition coefficient (Wildman–Crippen LogP) is 1.43. The zero-order chi connectivity index (χ0) is 17.0. The summed E-state index contributed by atoms with van der Waals surface area (Å²) in [6, 6.07) is 6.18. The molecule has 128 valence electrons. The zero-order valence-corrected chi connectivity index (χ0v) is 14.0. The molecule has 2 rings (SSSR count). The van der Waals surface area contributed by atoms with Crippen molar-refractivity contribution in [3.05, 3.63) is 35.6 Å². The summed E-state index contributed by atoms with van der Waals surface area (Å²) in [5.74, 6) is -0.280. The number of carbonyl (C=O) groups excluding carboxylic acids is 1. The predicted molar refractivity (Wildman–Crippen MR) is 85.5 cm³/mol. The first-order valence-electron chi connectivity index (χ1n) is 7.80. The van der Waals surface area contributed by atoms with Gasteiger partial charge < -0.3 is 14.7 Å². The number of carbonyl (C=O) groups is 1. The number of morpholine rings is 1. The van der Waals surface area contributed by atoms with Crippen LogP contribution in [-0.4, -0.2) is 66.2 Å². The van der Waals surface area contributed by atoms with Gasteiger partial charge in [0.2, 0.25) is 5.91 Å². The Bertz CT molecular complexity index is 528. The van der Waals surface area contributed by atoms with E-state index in [1.165, 1.54) is 12.1 Å². The lowest BCUT2D eigenvalue weighted by atomic mass is 10.1. The van der Waals surface area contributed by atoms with Crippen LogP contribution in [0, 0.1) is 5.82 Å². The number of hydrogen-bond acceptors (Lipinski definition) is 4. The summed E-state index contributed by atoms with van der Waals surface area (Å²) in [7, 11) is 1.81. The van der Waals surface area contributed by atoms with Crippen LogP contribution in [0.3, 0.4) is 0 Å². The fourth-order valence-electron chi connectivity index (χ4n) is 2.80. The molecule has 0 spiro atoms. The Morgan fingerprint density at radius 1 is 1.43 bits per heavy atom. The van der Waals surface area contributed by atoms with E-state index in [2.05, 4.69) is 0 Å². The molecule has 23 heavy (non-hydrogen) atoms. The number of amides is 1. The highest BCUT2D eigenvalue weighted by Gasteiger charge is 2.26. The van der Waals surface area contributed by atoms with Crippen molar-refractivity contribution in [2.75, 3.05) is 39.8 Å². The van der Waals surface area contributed by atoms with Gasteiger partial charge in [-0.05, 0) is 38.6 Å². The molecule has 0 radical (unpaired) electrons. The van der Waals surface area contributed by atoms with Crippen LogP contribution in [0.4, 0.5) is 4.39 Å². The van der Waals surface area contributed by atoms with Crippen molar-refractivity contribution in [2.24, 2.45) is 0 Å². The van der Waals surface area contributed by atoms with Gasteiger partial charge in [-0.15, -0.1) is 0 Å². The molecule has 1 unspecified atom stereocenters. The topological polar surface area (TPSA) is 53.0 Å². The number of hydrogen-bond donors (Lipinski definition) is 1. The molecule has 0 aromatic heterocycles. The van der Waals surface area contributed by atoms with Crippen LogP contribution in [-0.2, 0) is 9.53 Å². The third kappa shape index (κ3) is 5.57. The summed E-state index contributed by atoms with van der Waals surface area (Å²) in [4.78, 5) is 16.0. The third-order valence-corrected chi connectivity index (χ3v) is 3.72. The zero-order valence-electron chi connectivity index (χ0n) is 14.0. The largest absolute Gasteiger partial charge is 0.389 e. The lowest BCUT2D eigenvalue weighted by molar-refractivity contribution is -0.140. The molecule has 5 nitrogen and oxygen atoms in total. The first kappa shape index (κ1) is 17.8. The normalized spacial score (nSPS) is 19.2. The minimum absolute atomic E-state index is 0.00663. The van der Waals surface area contributed by atoms with Crippen molar-refractivity contribution in [1.29, 1.82) is 0 Å². The molecule has 1 aromatic rings. The Labute approximate surface area is 136 Å². The van der Waals surface area contributed by atoms with E-state index in [0.29, 0.717) is 26.2 Å². The average Bonchev–Trinajstić information content (AvgIpc) is 2.46. The second-order valence-corrected chi connectivity index (χ2v) is 6.74. The van der Waals surface area contributed by atoms with Crippen LogP contribution >= 0.6 is 0 Å². The van der Waals surface area contributed by atoms with Crippen molar-refractivity contribution >= 4 is 5.91 Å². The first-order valence-corrected chi connectivity index (χ1v) is 7.80. The molecule has 0 saturated carbocycles. The lowest BCUT2D eigenvalue weighted by Crippen LogP contribution is -2.47. The van der Waals surface area contributed by atoms with Gasteiger partial charge in [-0.2, -0.15) is 0 Å². The maximum Gasteiger partial charge on any atom is 0.236 e. The molecule has 1 N–H and O–H groups in total. The molecule has 0 bridgehead atoms. The number of rotatable bonds is 5. The molecule has 1 aliphatic rings. The number of halogens is 1. The van der Waals surface area contributed by atoms with Gasteiger partial charge in [0.25, 0.3) is 0 Å². The van der Waals surface area contributed by atoms with Crippen LogP contribution in [0.15, 0.2) is 24.3 Å². The van der Waals surface area contributed by atoms with E-state index >= 15 is 0 Å². The second kappa shape index (κ2) is 7.38. The van der Waals surface area contributed by atoms with Gasteiger partial charge in [0.15, 0.2) is 0 Å². The molecule has 1 aromatic carbocycles. The lowest BCUT2D eigenvalue weighted by Gasteiger charge is -2.34. The Morgan fingerprint density at radius 2 is 2.09 bits per heavy atom. The van der Waals surface area contributed by atoms with Gasteiger partial charge in [0, 0.05) is 13.1 Å². The van der Waals surface area contributed by atoms with E-state index in [4.69, 9.17) is 4.74 Å². The summed E-state index contributed by atoms with van der Waals surface area (Å²) in [6.07, 6.45) is -0.229. The van der Waals surface area contributed by atoms with E-state index < -0.39 is 5.60 Å². The smallest absolute Gasteiger partial charge is 0.236 e. The molecule has 1 saturated heterocycles. The quantitative estimate of drug-likeness (QED) is 0.890. The van der Waals surface area contributed by atoms with Crippen LogP contribution in [0.1, 0.15) is 25.5 Å². The van der Waals surface area contributed by atoms with Gasteiger partial charge in [-0.25, -0.2) is 4.39 Å². The number of likely N-dealkylation sites (N-methyl/N-ethyl adjacent to an activating group) is 1. The summed E-state index contributed by atoms with van der Waals surface area (Å²) in [5, 5.41) is 9.81. The van der Waals surface area contributed by atoms with E-state index in [0.717, 1.165) is 5.56 Å². The minimum Gasteiger partial charge on any atom is -0.389 e. The minimum atomic E-state index is -0.837. The monoisotopic (exact) mass is 324 g/mol. The fourth-order valence-corrected chi connectivity index (χ4v) is 2.80.